The van der Waals surface area contributed by atoms with Gasteiger partial charge in [0, 0.05) is 22.0 Å². The fourth-order valence-electron chi connectivity index (χ4n) is 1.72. The number of methoxy groups -OCH3 is 2. The fraction of sp³-hybridized carbons (Fsp3) is 0.308. The highest BCUT2D eigenvalue weighted by Crippen LogP contribution is 2.38. The van der Waals surface area contributed by atoms with Crippen molar-refractivity contribution >= 4 is 27.3 Å². The number of ether oxygens (including phenoxy) is 2. The van der Waals surface area contributed by atoms with Gasteiger partial charge in [-0.05, 0) is 35.1 Å². The highest BCUT2D eigenvalue weighted by atomic mass is 79.9. The normalized spacial score (nSPS) is 10.5. The molecule has 19 heavy (non-hydrogen) atoms. The molecule has 1 aromatic carbocycles. The van der Waals surface area contributed by atoms with E-state index in [-0.39, 0.29) is 0 Å². The molecule has 1 heterocycles. The molecular weight excluding hydrogens is 328 g/mol. The SMILES string of the molecule is CNCc1nc(-c2cc(OC)c(OC)cc2Br)cs1. The van der Waals surface area contributed by atoms with E-state index in [2.05, 4.69) is 26.2 Å². The van der Waals surface area contributed by atoms with Gasteiger partial charge < -0.3 is 14.8 Å². The van der Waals surface area contributed by atoms with Gasteiger partial charge in [-0.15, -0.1) is 11.3 Å². The summed E-state index contributed by atoms with van der Waals surface area (Å²) >= 11 is 5.18. The lowest BCUT2D eigenvalue weighted by atomic mass is 10.1. The summed E-state index contributed by atoms with van der Waals surface area (Å²) in [6, 6.07) is 3.83. The molecule has 0 aliphatic carbocycles. The first-order valence-corrected chi connectivity index (χ1v) is 7.37. The molecule has 0 amide bonds. The van der Waals surface area contributed by atoms with Gasteiger partial charge in [0.25, 0.3) is 0 Å². The summed E-state index contributed by atoms with van der Waals surface area (Å²) in [6.45, 7) is 0.773. The van der Waals surface area contributed by atoms with Crippen LogP contribution >= 0.6 is 27.3 Å². The van der Waals surface area contributed by atoms with E-state index < -0.39 is 0 Å². The van der Waals surface area contributed by atoms with Gasteiger partial charge in [-0.1, -0.05) is 0 Å². The van der Waals surface area contributed by atoms with E-state index in [1.54, 1.807) is 25.6 Å². The summed E-state index contributed by atoms with van der Waals surface area (Å²) < 4.78 is 11.5. The number of aromatic nitrogens is 1. The standard InChI is InChI=1S/C13H15BrN2O2S/c1-15-6-13-16-10(7-19-13)8-4-11(17-2)12(18-3)5-9(8)14/h4-5,7,15H,6H2,1-3H3. The molecule has 0 saturated carbocycles. The van der Waals surface area contributed by atoms with Crippen molar-refractivity contribution in [1.82, 2.24) is 10.3 Å². The zero-order valence-electron chi connectivity index (χ0n) is 11.0. The topological polar surface area (TPSA) is 43.4 Å². The van der Waals surface area contributed by atoms with E-state index in [9.17, 15) is 0 Å². The Morgan fingerprint density at radius 3 is 2.58 bits per heavy atom. The third-order valence-corrected chi connectivity index (χ3v) is 4.13. The minimum absolute atomic E-state index is 0.698. The highest BCUT2D eigenvalue weighted by molar-refractivity contribution is 9.10. The number of nitrogens with one attached hydrogen (secondary N) is 1. The third-order valence-electron chi connectivity index (χ3n) is 2.63. The Labute approximate surface area is 124 Å². The van der Waals surface area contributed by atoms with Crippen LogP contribution in [0.3, 0.4) is 0 Å². The number of thiazole rings is 1. The molecule has 0 saturated heterocycles. The van der Waals surface area contributed by atoms with Gasteiger partial charge in [0.05, 0.1) is 19.9 Å². The van der Waals surface area contributed by atoms with Gasteiger partial charge in [-0.2, -0.15) is 0 Å². The first kappa shape index (κ1) is 14.3. The maximum atomic E-state index is 5.33. The van der Waals surface area contributed by atoms with Crippen LogP contribution in [0, 0.1) is 0 Å². The van der Waals surface area contributed by atoms with Crippen molar-refractivity contribution in [3.05, 3.63) is 27.0 Å². The van der Waals surface area contributed by atoms with Crippen LogP contribution in [0.1, 0.15) is 5.01 Å². The lowest BCUT2D eigenvalue weighted by Gasteiger charge is -2.10. The number of halogens is 1. The lowest BCUT2D eigenvalue weighted by Crippen LogP contribution is -2.04. The van der Waals surface area contributed by atoms with Crippen LogP contribution in [-0.4, -0.2) is 26.3 Å². The summed E-state index contributed by atoms with van der Waals surface area (Å²) in [4.78, 5) is 4.59. The Kier molecular flexibility index (Phi) is 4.79. The van der Waals surface area contributed by atoms with Crippen molar-refractivity contribution in [1.29, 1.82) is 0 Å². The van der Waals surface area contributed by atoms with Crippen LogP contribution in [0.25, 0.3) is 11.3 Å². The van der Waals surface area contributed by atoms with Gasteiger partial charge in [0.1, 0.15) is 5.01 Å². The molecule has 1 aromatic heterocycles. The van der Waals surface area contributed by atoms with Crippen molar-refractivity contribution in [2.75, 3.05) is 21.3 Å². The molecule has 0 aliphatic heterocycles. The van der Waals surface area contributed by atoms with Crippen LogP contribution in [0.4, 0.5) is 0 Å². The predicted octanol–water partition coefficient (Wildman–Crippen LogP) is 3.31. The van der Waals surface area contributed by atoms with E-state index in [0.29, 0.717) is 11.5 Å². The number of nitrogens with zero attached hydrogens (tertiary/aromatic N) is 1. The maximum absolute atomic E-state index is 5.33. The van der Waals surface area contributed by atoms with Crippen LogP contribution in [0.2, 0.25) is 0 Å². The van der Waals surface area contributed by atoms with Crippen LogP contribution in [-0.2, 0) is 6.54 Å². The van der Waals surface area contributed by atoms with Crippen molar-refractivity contribution < 1.29 is 9.47 Å². The summed E-state index contributed by atoms with van der Waals surface area (Å²) in [5.74, 6) is 1.40. The first-order valence-electron chi connectivity index (χ1n) is 5.70. The minimum atomic E-state index is 0.698. The Morgan fingerprint density at radius 1 is 1.26 bits per heavy atom. The second-order valence-corrected chi connectivity index (χ2v) is 5.64. The fourth-order valence-corrected chi connectivity index (χ4v) is 3.05. The van der Waals surface area contributed by atoms with E-state index >= 15 is 0 Å². The van der Waals surface area contributed by atoms with Gasteiger partial charge >= 0.3 is 0 Å². The van der Waals surface area contributed by atoms with Gasteiger partial charge in [0.2, 0.25) is 0 Å². The van der Waals surface area contributed by atoms with Crippen molar-refractivity contribution in [3.8, 4) is 22.8 Å². The van der Waals surface area contributed by atoms with Crippen LogP contribution in [0.5, 0.6) is 11.5 Å². The summed E-state index contributed by atoms with van der Waals surface area (Å²) in [5, 5.41) is 6.19. The van der Waals surface area contributed by atoms with E-state index in [4.69, 9.17) is 9.47 Å². The van der Waals surface area contributed by atoms with Crippen LogP contribution < -0.4 is 14.8 Å². The number of benzene rings is 1. The maximum Gasteiger partial charge on any atom is 0.161 e. The molecule has 0 fully saturated rings. The molecule has 0 aliphatic rings. The second-order valence-electron chi connectivity index (χ2n) is 3.84. The molecule has 1 N–H and O–H groups in total. The lowest BCUT2D eigenvalue weighted by molar-refractivity contribution is 0.355. The van der Waals surface area contributed by atoms with Crippen LogP contribution in [0.15, 0.2) is 22.0 Å². The van der Waals surface area contributed by atoms with E-state index in [0.717, 1.165) is 27.3 Å². The Morgan fingerprint density at radius 2 is 1.95 bits per heavy atom. The number of hydrogen-bond donors (Lipinski definition) is 1. The molecule has 4 nitrogen and oxygen atoms in total. The highest BCUT2D eigenvalue weighted by Gasteiger charge is 2.13. The molecule has 0 spiro atoms. The molecule has 0 atom stereocenters. The number of rotatable bonds is 5. The van der Waals surface area contributed by atoms with Crippen molar-refractivity contribution in [2.24, 2.45) is 0 Å². The summed E-state index contributed by atoms with van der Waals surface area (Å²) in [6.07, 6.45) is 0. The smallest absolute Gasteiger partial charge is 0.161 e. The number of hydrogen-bond acceptors (Lipinski definition) is 5. The minimum Gasteiger partial charge on any atom is -0.493 e. The third kappa shape index (κ3) is 3.08. The summed E-state index contributed by atoms with van der Waals surface area (Å²) in [7, 11) is 5.16. The zero-order valence-corrected chi connectivity index (χ0v) is 13.4. The van der Waals surface area contributed by atoms with Crippen molar-refractivity contribution in [3.63, 3.8) is 0 Å². The molecule has 2 rings (SSSR count). The Hall–Kier alpha value is -1.11. The van der Waals surface area contributed by atoms with Crippen molar-refractivity contribution in [2.45, 2.75) is 6.54 Å². The largest absolute Gasteiger partial charge is 0.493 e. The molecule has 2 aromatic rings. The average Bonchev–Trinajstić information content (AvgIpc) is 2.87. The Bertz CT molecular complexity index is 572. The monoisotopic (exact) mass is 342 g/mol. The molecule has 6 heteroatoms. The van der Waals surface area contributed by atoms with Gasteiger partial charge in [0.15, 0.2) is 11.5 Å². The van der Waals surface area contributed by atoms with E-state index in [1.165, 1.54) is 0 Å². The first-order chi connectivity index (χ1) is 9.19. The summed E-state index contributed by atoms with van der Waals surface area (Å²) in [5.41, 5.74) is 1.93. The van der Waals surface area contributed by atoms with Gasteiger partial charge in [-0.25, -0.2) is 4.98 Å². The second kappa shape index (κ2) is 6.36. The average molecular weight is 343 g/mol. The zero-order chi connectivity index (χ0) is 13.8. The molecule has 102 valence electrons. The Balaban J connectivity index is 2.42. The molecule has 0 bridgehead atoms. The molecular formula is C13H15BrN2O2S. The predicted molar refractivity (Wildman–Crippen MR) is 81.1 cm³/mol. The quantitative estimate of drug-likeness (QED) is 0.905. The molecule has 0 radical (unpaired) electrons. The van der Waals surface area contributed by atoms with Gasteiger partial charge in [-0.3, -0.25) is 0 Å². The molecule has 0 unspecified atom stereocenters. The van der Waals surface area contributed by atoms with E-state index in [1.807, 2.05) is 24.6 Å².